The van der Waals surface area contributed by atoms with Crippen LogP contribution in [0.5, 0.6) is 0 Å². The average molecular weight is 668 g/mol. The van der Waals surface area contributed by atoms with E-state index in [9.17, 15) is 4.39 Å². The van der Waals surface area contributed by atoms with Crippen LogP contribution < -0.4 is 5.32 Å². The maximum atomic E-state index is 13.2. The third-order valence-electron chi connectivity index (χ3n) is 8.18. The molecule has 268 valence electrons. The Hall–Kier alpha value is -3.89. The molecular weight excluding hydrogens is 602 g/mol. The first-order chi connectivity index (χ1) is 23.8. The number of aryl methyl sites for hydroxylation is 2. The molecule has 1 heterocycles. The Kier molecular flexibility index (Phi) is 22.1. The fourth-order valence-corrected chi connectivity index (χ4v) is 6.03. The molecule has 1 fully saturated rings. The molecule has 0 radical (unpaired) electrons. The second-order valence-electron chi connectivity index (χ2n) is 12.3. The van der Waals surface area contributed by atoms with Crippen LogP contribution in [0.2, 0.25) is 0 Å². The van der Waals surface area contributed by atoms with Crippen molar-refractivity contribution in [3.8, 4) is 0 Å². The summed E-state index contributed by atoms with van der Waals surface area (Å²) in [4.78, 5) is 6.31. The topological polar surface area (TPSA) is 31.1 Å². The second kappa shape index (κ2) is 25.1. The van der Waals surface area contributed by atoms with E-state index in [0.717, 1.165) is 25.1 Å². The highest BCUT2D eigenvalue weighted by atomic mass is 19.1. The fourth-order valence-electron chi connectivity index (χ4n) is 6.03. The summed E-state index contributed by atoms with van der Waals surface area (Å²) >= 11 is 0. The van der Waals surface area contributed by atoms with Gasteiger partial charge in [-0.25, -0.2) is 4.39 Å². The summed E-state index contributed by atoms with van der Waals surface area (Å²) in [5.74, 6) is 0.915. The van der Waals surface area contributed by atoms with Crippen LogP contribution in [0.25, 0.3) is 10.9 Å². The van der Waals surface area contributed by atoms with Crippen molar-refractivity contribution >= 4 is 16.6 Å². The Labute approximate surface area is 299 Å². The lowest BCUT2D eigenvalue weighted by Crippen LogP contribution is -2.26. The van der Waals surface area contributed by atoms with E-state index >= 15 is 0 Å². The fraction of sp³-hybridized carbons (Fsp3) is 0.422. The van der Waals surface area contributed by atoms with Crippen LogP contribution >= 0.6 is 0 Å². The molecule has 3 nitrogen and oxygen atoms in total. The van der Waals surface area contributed by atoms with Crippen molar-refractivity contribution in [1.29, 1.82) is 0 Å². The van der Waals surface area contributed by atoms with Crippen LogP contribution in [0.15, 0.2) is 105 Å². The van der Waals surface area contributed by atoms with E-state index in [4.69, 9.17) is 0 Å². The van der Waals surface area contributed by atoms with Crippen molar-refractivity contribution in [2.75, 3.05) is 31.5 Å². The number of hydrogen-bond donors (Lipinski definition) is 2. The molecule has 4 heteroatoms. The second-order valence-corrected chi connectivity index (χ2v) is 12.3. The smallest absolute Gasteiger partial charge is 0.123 e. The Balaban J connectivity index is 0.000000562. The van der Waals surface area contributed by atoms with E-state index in [-0.39, 0.29) is 5.82 Å². The molecule has 0 spiro atoms. The molecule has 4 aromatic rings. The molecular formula is C45H66FN3. The maximum absolute atomic E-state index is 13.2. The van der Waals surface area contributed by atoms with Gasteiger partial charge in [-0.05, 0) is 126 Å². The van der Waals surface area contributed by atoms with Gasteiger partial charge >= 0.3 is 0 Å². The third kappa shape index (κ3) is 15.0. The summed E-state index contributed by atoms with van der Waals surface area (Å²) in [6.45, 7) is 32.2. The average Bonchev–Trinajstić information content (AvgIpc) is 3.89. The van der Waals surface area contributed by atoms with Crippen molar-refractivity contribution < 1.29 is 4.39 Å². The summed E-state index contributed by atoms with van der Waals surface area (Å²) in [6, 6.07) is 22.3. The van der Waals surface area contributed by atoms with Crippen LogP contribution in [0.4, 0.5) is 10.1 Å². The van der Waals surface area contributed by atoms with Crippen molar-refractivity contribution in [2.24, 2.45) is 5.92 Å². The number of H-pyrrole nitrogens is 1. The highest BCUT2D eigenvalue weighted by molar-refractivity contribution is 5.86. The highest BCUT2D eigenvalue weighted by Crippen LogP contribution is 2.48. The van der Waals surface area contributed by atoms with Gasteiger partial charge in [-0.3, -0.25) is 0 Å². The summed E-state index contributed by atoms with van der Waals surface area (Å²) in [5, 5.41) is 4.80. The SMILES string of the molecule is C=C.C=CC.C=CCCN(CCC)CCC.CC.Cc1cccc(C(c2[nH]c3ccc(C)cc3c2CCNc2ccc(F)cc2)C2CC2)c1. The molecule has 2 N–H and O–H groups in total. The third-order valence-corrected chi connectivity index (χ3v) is 8.18. The number of allylic oxidation sites excluding steroid dienone is 1. The number of nitrogens with one attached hydrogen (secondary N) is 2. The van der Waals surface area contributed by atoms with Crippen molar-refractivity contribution in [3.05, 3.63) is 139 Å². The van der Waals surface area contributed by atoms with E-state index in [1.807, 2.05) is 26.8 Å². The summed E-state index contributed by atoms with van der Waals surface area (Å²) in [5.41, 5.74) is 8.96. The van der Waals surface area contributed by atoms with E-state index in [0.29, 0.717) is 11.8 Å². The predicted molar refractivity (Wildman–Crippen MR) is 218 cm³/mol. The van der Waals surface area contributed by atoms with Gasteiger partial charge in [-0.1, -0.05) is 81.3 Å². The molecule has 0 amide bonds. The molecule has 0 saturated heterocycles. The van der Waals surface area contributed by atoms with Crippen molar-refractivity contribution in [2.45, 2.75) is 92.9 Å². The number of nitrogens with zero attached hydrogens (tertiary/aromatic N) is 1. The van der Waals surface area contributed by atoms with Crippen LogP contribution in [-0.4, -0.2) is 36.1 Å². The first kappa shape index (κ1) is 43.1. The van der Waals surface area contributed by atoms with Gasteiger partial charge in [-0.15, -0.1) is 26.3 Å². The summed E-state index contributed by atoms with van der Waals surface area (Å²) in [6.07, 6.45) is 10.9. The predicted octanol–water partition coefficient (Wildman–Crippen LogP) is 12.8. The van der Waals surface area contributed by atoms with Gasteiger partial charge in [0, 0.05) is 41.3 Å². The molecule has 1 saturated carbocycles. The standard InChI is InChI=1S/C28H29FN2.C10H21N.C3H6.C2H6.C2H4/c1-18-4-3-5-21(16-18)27(20-7-8-20)28-24(25-17-19(2)6-13-26(25)31-28)14-15-30-23-11-9-22(29)10-12-23;1-4-7-10-11(8-5-2)9-6-3;1-3-2;2*1-2/h3-6,9-13,16-17,20,27,30-31H,7-8,14-15H2,1-2H3;4H,1,5-10H2,2-3H3;3H,1H2,2H3;1-2H3;1-2H2. The number of rotatable bonds is 14. The minimum Gasteiger partial charge on any atom is -0.385 e. The van der Waals surface area contributed by atoms with Crippen LogP contribution in [0, 0.1) is 25.6 Å². The molecule has 0 aliphatic heterocycles. The molecule has 1 aromatic heterocycles. The number of halogens is 1. The zero-order chi connectivity index (χ0) is 36.6. The summed E-state index contributed by atoms with van der Waals surface area (Å²) in [7, 11) is 0. The molecule has 5 rings (SSSR count). The Morgan fingerprint density at radius 1 is 0.898 bits per heavy atom. The Morgan fingerprint density at radius 3 is 2.06 bits per heavy atom. The first-order valence-corrected chi connectivity index (χ1v) is 18.4. The van der Waals surface area contributed by atoms with Crippen LogP contribution in [-0.2, 0) is 6.42 Å². The molecule has 49 heavy (non-hydrogen) atoms. The lowest BCUT2D eigenvalue weighted by Gasteiger charge is -2.19. The van der Waals surface area contributed by atoms with E-state index in [2.05, 4.69) is 112 Å². The lowest BCUT2D eigenvalue weighted by atomic mass is 9.87. The molecule has 1 aliphatic carbocycles. The minimum atomic E-state index is -0.203. The highest BCUT2D eigenvalue weighted by Gasteiger charge is 2.36. The van der Waals surface area contributed by atoms with Gasteiger partial charge < -0.3 is 15.2 Å². The van der Waals surface area contributed by atoms with Crippen LogP contribution in [0.1, 0.15) is 101 Å². The molecule has 1 aliphatic rings. The van der Waals surface area contributed by atoms with E-state index in [1.165, 1.54) is 96.3 Å². The molecule has 1 unspecified atom stereocenters. The molecule has 1 atom stereocenters. The van der Waals surface area contributed by atoms with Gasteiger partial charge in [0.1, 0.15) is 5.82 Å². The largest absolute Gasteiger partial charge is 0.385 e. The number of hydrogen-bond acceptors (Lipinski definition) is 2. The quantitative estimate of drug-likeness (QED) is 0.131. The van der Waals surface area contributed by atoms with Gasteiger partial charge in [-0.2, -0.15) is 0 Å². The van der Waals surface area contributed by atoms with E-state index in [1.54, 1.807) is 18.2 Å². The van der Waals surface area contributed by atoms with Crippen LogP contribution in [0.3, 0.4) is 0 Å². The Bertz CT molecular complexity index is 1460. The molecule has 0 bridgehead atoms. The van der Waals surface area contributed by atoms with Crippen molar-refractivity contribution in [1.82, 2.24) is 9.88 Å². The normalized spacial score (nSPS) is 12.1. The first-order valence-electron chi connectivity index (χ1n) is 18.4. The van der Waals surface area contributed by atoms with Gasteiger partial charge in [0.05, 0.1) is 0 Å². The van der Waals surface area contributed by atoms with E-state index < -0.39 is 0 Å². The number of benzene rings is 3. The zero-order valence-corrected chi connectivity index (χ0v) is 31.9. The zero-order valence-electron chi connectivity index (χ0n) is 31.9. The number of aromatic nitrogens is 1. The van der Waals surface area contributed by atoms with Gasteiger partial charge in [0.25, 0.3) is 0 Å². The Morgan fingerprint density at radius 2 is 1.51 bits per heavy atom. The lowest BCUT2D eigenvalue weighted by molar-refractivity contribution is 0.280. The number of aromatic amines is 1. The van der Waals surface area contributed by atoms with Crippen molar-refractivity contribution in [3.63, 3.8) is 0 Å². The number of fused-ring (bicyclic) bond motifs is 1. The maximum Gasteiger partial charge on any atom is 0.123 e. The monoisotopic (exact) mass is 668 g/mol. The van der Waals surface area contributed by atoms with Gasteiger partial charge in [0.2, 0.25) is 0 Å². The number of anilines is 1. The van der Waals surface area contributed by atoms with Gasteiger partial charge in [0.15, 0.2) is 0 Å². The molecule has 3 aromatic carbocycles. The minimum absolute atomic E-state index is 0.203. The summed E-state index contributed by atoms with van der Waals surface area (Å²) < 4.78 is 13.2.